The smallest absolute Gasteiger partial charge is 0.223 e. The third-order valence-electron chi connectivity index (χ3n) is 4.19. The zero-order valence-electron chi connectivity index (χ0n) is 13.3. The summed E-state index contributed by atoms with van der Waals surface area (Å²) in [5.74, 6) is -1.17. The van der Waals surface area contributed by atoms with Crippen LogP contribution in [0.4, 0.5) is 0 Å². The van der Waals surface area contributed by atoms with Crippen molar-refractivity contribution in [3.05, 3.63) is 55.6 Å². The van der Waals surface area contributed by atoms with Gasteiger partial charge in [0.05, 0.1) is 4.47 Å². The molecule has 0 unspecified atom stereocenters. The minimum atomic E-state index is -0.626. The van der Waals surface area contributed by atoms with Crippen molar-refractivity contribution in [2.45, 2.75) is 0 Å². The first-order chi connectivity index (χ1) is 12.8. The molecule has 6 nitrogen and oxygen atoms in total. The summed E-state index contributed by atoms with van der Waals surface area (Å²) in [4.78, 5) is 11.8. The van der Waals surface area contributed by atoms with E-state index in [1.807, 2.05) is 0 Å². The fourth-order valence-electron chi connectivity index (χ4n) is 2.98. The molecule has 0 amide bonds. The van der Waals surface area contributed by atoms with Crippen LogP contribution in [0.1, 0.15) is 0 Å². The molecule has 1 aliphatic heterocycles. The number of benzene rings is 3. The molecule has 1 heterocycles. The van der Waals surface area contributed by atoms with Gasteiger partial charge in [0.2, 0.25) is 5.43 Å². The largest absolute Gasteiger partial charge is 0.506 e. The Kier molecular flexibility index (Phi) is 4.05. The average Bonchev–Trinajstić information content (AvgIpc) is 2.59. The highest BCUT2D eigenvalue weighted by Gasteiger charge is 2.23. The fraction of sp³-hybridized carbons (Fsp3) is 0. The maximum Gasteiger partial charge on any atom is 0.223 e. The van der Waals surface area contributed by atoms with Gasteiger partial charge in [-0.15, -0.1) is 0 Å². The number of rotatable bonds is 1. The second-order valence-electron chi connectivity index (χ2n) is 5.91. The van der Waals surface area contributed by atoms with Gasteiger partial charge in [0.1, 0.15) is 17.1 Å². The Balaban J connectivity index is 2.28. The van der Waals surface area contributed by atoms with Crippen molar-refractivity contribution in [3.63, 3.8) is 0 Å². The molecule has 0 aromatic heterocycles. The van der Waals surface area contributed by atoms with Crippen molar-refractivity contribution in [1.82, 2.24) is 0 Å². The number of aromatic hydroxyl groups is 4. The molecule has 1 aliphatic carbocycles. The molecule has 0 fully saturated rings. The van der Waals surface area contributed by atoms with Crippen LogP contribution in [0, 0.1) is 0 Å². The van der Waals surface area contributed by atoms with Gasteiger partial charge in [0.25, 0.3) is 0 Å². The van der Waals surface area contributed by atoms with Gasteiger partial charge in [-0.2, -0.15) is 0 Å². The number of phenols is 4. The normalized spacial score (nSPS) is 11.3. The Hall–Kier alpha value is -2.71. The summed E-state index contributed by atoms with van der Waals surface area (Å²) >= 11 is 6.65. The van der Waals surface area contributed by atoms with Gasteiger partial charge in [-0.25, -0.2) is 0 Å². The third kappa shape index (κ3) is 2.81. The van der Waals surface area contributed by atoms with Crippen LogP contribution in [0.25, 0.3) is 33.4 Å². The summed E-state index contributed by atoms with van der Waals surface area (Å²) in [6.07, 6.45) is 0. The standard InChI is InChI=1S/C19H10Br2O6/c20-7-1-10(19(26)11(21)2-7)18-8-3-12(22)14(24)5-16(8)27-17-6-15(25)13(23)4-9(17)18/h1-6,22-24,26H. The van der Waals surface area contributed by atoms with Gasteiger partial charge in [-0.05, 0) is 40.2 Å². The summed E-state index contributed by atoms with van der Waals surface area (Å²) in [7, 11) is 0. The summed E-state index contributed by atoms with van der Waals surface area (Å²) in [6.45, 7) is 0. The van der Waals surface area contributed by atoms with Crippen molar-refractivity contribution in [1.29, 1.82) is 0 Å². The third-order valence-corrected chi connectivity index (χ3v) is 5.26. The van der Waals surface area contributed by atoms with E-state index in [2.05, 4.69) is 31.9 Å². The van der Waals surface area contributed by atoms with E-state index in [1.54, 1.807) is 12.1 Å². The minimum Gasteiger partial charge on any atom is -0.506 e. The number of fused-ring (bicyclic) bond motifs is 2. The average molecular weight is 494 g/mol. The van der Waals surface area contributed by atoms with Crippen LogP contribution in [0.2, 0.25) is 0 Å². The maximum atomic E-state index is 11.8. The quantitative estimate of drug-likeness (QED) is 0.221. The van der Waals surface area contributed by atoms with Crippen molar-refractivity contribution >= 4 is 42.8 Å². The molecule has 4 rings (SSSR count). The monoisotopic (exact) mass is 492 g/mol. The Bertz CT molecular complexity index is 1260. The summed E-state index contributed by atoms with van der Waals surface area (Å²) < 4.78 is 6.78. The van der Waals surface area contributed by atoms with Crippen LogP contribution >= 0.6 is 31.9 Å². The molecular formula is C19H10Br2O6. The van der Waals surface area contributed by atoms with Crippen molar-refractivity contribution < 1.29 is 24.8 Å². The summed E-state index contributed by atoms with van der Waals surface area (Å²) in [5.41, 5.74) is 0.694. The first-order valence-electron chi connectivity index (χ1n) is 7.60. The van der Waals surface area contributed by atoms with E-state index < -0.39 is 16.9 Å². The lowest BCUT2D eigenvalue weighted by Crippen LogP contribution is -2.01. The van der Waals surface area contributed by atoms with E-state index in [0.717, 1.165) is 6.07 Å². The van der Waals surface area contributed by atoms with Crippen LogP contribution < -0.4 is 5.43 Å². The van der Waals surface area contributed by atoms with Gasteiger partial charge < -0.3 is 24.8 Å². The van der Waals surface area contributed by atoms with Gasteiger partial charge in [0, 0.05) is 38.7 Å². The van der Waals surface area contributed by atoms with Crippen LogP contribution in [0.15, 0.2) is 54.6 Å². The molecule has 0 bridgehead atoms. The molecule has 0 spiro atoms. The minimum absolute atomic E-state index is 0.0785. The Labute approximate surface area is 168 Å². The number of hydrogen-bond acceptors (Lipinski definition) is 6. The SMILES string of the molecule is O=c1cc2oc3cc(O)c(O)cc3c(-c3cc(Br)cc(Br)c3O)c-2cc1O. The van der Waals surface area contributed by atoms with E-state index in [9.17, 15) is 25.2 Å². The predicted molar refractivity (Wildman–Crippen MR) is 107 cm³/mol. The molecule has 0 saturated heterocycles. The van der Waals surface area contributed by atoms with Gasteiger partial charge in [0.15, 0.2) is 17.2 Å². The fourth-order valence-corrected chi connectivity index (χ4v) is 4.20. The second kappa shape index (κ2) is 6.17. The van der Waals surface area contributed by atoms with Gasteiger partial charge in [-0.1, -0.05) is 15.9 Å². The highest BCUT2D eigenvalue weighted by atomic mass is 79.9. The van der Waals surface area contributed by atoms with E-state index in [1.165, 1.54) is 18.2 Å². The van der Waals surface area contributed by atoms with Crippen molar-refractivity contribution in [2.24, 2.45) is 0 Å². The molecule has 136 valence electrons. The molecule has 2 aliphatic rings. The Morgan fingerprint density at radius 1 is 0.778 bits per heavy atom. The van der Waals surface area contributed by atoms with Crippen molar-refractivity contribution in [3.8, 4) is 45.4 Å². The Morgan fingerprint density at radius 3 is 2.22 bits per heavy atom. The topological polar surface area (TPSA) is 111 Å². The number of halogens is 2. The second-order valence-corrected chi connectivity index (χ2v) is 7.68. The molecule has 2 aromatic rings. The van der Waals surface area contributed by atoms with E-state index >= 15 is 0 Å². The molecule has 0 atom stereocenters. The van der Waals surface area contributed by atoms with Crippen LogP contribution in [0.3, 0.4) is 0 Å². The Morgan fingerprint density at radius 2 is 1.48 bits per heavy atom. The molecule has 8 heteroatoms. The molecule has 0 radical (unpaired) electrons. The van der Waals surface area contributed by atoms with Gasteiger partial charge >= 0.3 is 0 Å². The summed E-state index contributed by atoms with van der Waals surface area (Å²) in [6, 6.07) is 8.19. The van der Waals surface area contributed by atoms with E-state index in [4.69, 9.17) is 4.42 Å². The number of hydrogen-bond donors (Lipinski definition) is 4. The van der Waals surface area contributed by atoms with E-state index in [-0.39, 0.29) is 22.8 Å². The zero-order chi connectivity index (χ0) is 19.5. The van der Waals surface area contributed by atoms with Gasteiger partial charge in [-0.3, -0.25) is 4.79 Å². The number of phenolic OH excluding ortho intramolecular Hbond substituents is 4. The van der Waals surface area contributed by atoms with E-state index in [0.29, 0.717) is 31.0 Å². The molecule has 4 N–H and O–H groups in total. The lowest BCUT2D eigenvalue weighted by Gasteiger charge is -2.17. The predicted octanol–water partition coefficient (Wildman–Crippen LogP) is 4.91. The first kappa shape index (κ1) is 17.7. The lowest BCUT2D eigenvalue weighted by molar-refractivity contribution is 0.404. The van der Waals surface area contributed by atoms with Crippen LogP contribution in [-0.4, -0.2) is 20.4 Å². The highest BCUT2D eigenvalue weighted by Crippen LogP contribution is 2.48. The maximum absolute atomic E-state index is 11.8. The zero-order valence-corrected chi connectivity index (χ0v) is 16.5. The summed E-state index contributed by atoms with van der Waals surface area (Å²) in [5, 5.41) is 40.7. The molecule has 2 aromatic carbocycles. The molecule has 0 saturated carbocycles. The van der Waals surface area contributed by atoms with Crippen molar-refractivity contribution in [2.75, 3.05) is 0 Å². The first-order valence-corrected chi connectivity index (χ1v) is 9.18. The van der Waals surface area contributed by atoms with Crippen LogP contribution in [0.5, 0.6) is 23.0 Å². The lowest BCUT2D eigenvalue weighted by atomic mass is 9.92. The molecular weight excluding hydrogens is 484 g/mol. The highest BCUT2D eigenvalue weighted by molar-refractivity contribution is 9.11. The molecule has 27 heavy (non-hydrogen) atoms. The van der Waals surface area contributed by atoms with Crippen LogP contribution in [-0.2, 0) is 0 Å².